The van der Waals surface area contributed by atoms with Gasteiger partial charge in [0.05, 0.1) is 6.61 Å². The van der Waals surface area contributed by atoms with Crippen molar-refractivity contribution < 1.29 is 9.47 Å². The van der Waals surface area contributed by atoms with Crippen molar-refractivity contribution in [2.24, 2.45) is 5.73 Å². The molecule has 0 aromatic heterocycles. The van der Waals surface area contributed by atoms with Gasteiger partial charge in [0.25, 0.3) is 0 Å². The lowest BCUT2D eigenvalue weighted by atomic mass is 10.1. The van der Waals surface area contributed by atoms with Gasteiger partial charge in [-0.3, -0.25) is 0 Å². The topological polar surface area (TPSA) is 44.5 Å². The zero-order valence-electron chi connectivity index (χ0n) is 9.70. The Hall–Kier alpha value is -0.770. The monoisotopic (exact) mass is 243 g/mol. The molecule has 1 rings (SSSR count). The Labute approximate surface area is 101 Å². The van der Waals surface area contributed by atoms with Gasteiger partial charge in [-0.2, -0.15) is 0 Å². The number of nitrogens with two attached hydrogens (primary N) is 1. The van der Waals surface area contributed by atoms with E-state index < -0.39 is 0 Å². The van der Waals surface area contributed by atoms with Gasteiger partial charge >= 0.3 is 0 Å². The van der Waals surface area contributed by atoms with E-state index in [9.17, 15) is 0 Å². The molecule has 0 aliphatic heterocycles. The van der Waals surface area contributed by atoms with Crippen molar-refractivity contribution in [2.75, 3.05) is 20.3 Å². The Kier molecular flexibility index (Phi) is 5.60. The zero-order valence-corrected chi connectivity index (χ0v) is 10.5. The van der Waals surface area contributed by atoms with Gasteiger partial charge in [0.15, 0.2) is 0 Å². The van der Waals surface area contributed by atoms with Crippen LogP contribution in [0.4, 0.5) is 0 Å². The molecule has 0 amide bonds. The van der Waals surface area contributed by atoms with Crippen molar-refractivity contribution in [1.82, 2.24) is 0 Å². The molecule has 0 fully saturated rings. The molecule has 0 radical (unpaired) electrons. The third-order valence-electron chi connectivity index (χ3n) is 2.17. The molecule has 0 aliphatic carbocycles. The van der Waals surface area contributed by atoms with Crippen molar-refractivity contribution in [3.8, 4) is 5.75 Å². The average Bonchev–Trinajstić information content (AvgIpc) is 2.23. The Balaban J connectivity index is 2.77. The molecule has 90 valence electrons. The lowest BCUT2D eigenvalue weighted by Gasteiger charge is -2.16. The second-order valence-electron chi connectivity index (χ2n) is 3.67. The molecule has 4 heteroatoms. The van der Waals surface area contributed by atoms with Crippen LogP contribution in [0.2, 0.25) is 5.02 Å². The van der Waals surface area contributed by atoms with Crippen LogP contribution in [0, 0.1) is 0 Å². The molecule has 0 saturated carbocycles. The molecule has 1 aromatic carbocycles. The predicted octanol–water partition coefficient (Wildman–Crippen LogP) is 2.25. The molecule has 1 atom stereocenters. The summed E-state index contributed by atoms with van der Waals surface area (Å²) in [7, 11) is 1.66. The minimum Gasteiger partial charge on any atom is -0.488 e. The fourth-order valence-corrected chi connectivity index (χ4v) is 1.69. The van der Waals surface area contributed by atoms with Crippen molar-refractivity contribution >= 4 is 11.6 Å². The summed E-state index contributed by atoms with van der Waals surface area (Å²) in [5.74, 6) is 0.833. The molecule has 3 nitrogen and oxygen atoms in total. The van der Waals surface area contributed by atoms with Crippen LogP contribution in [-0.4, -0.2) is 26.4 Å². The van der Waals surface area contributed by atoms with Crippen molar-refractivity contribution in [3.05, 3.63) is 28.8 Å². The van der Waals surface area contributed by atoms with E-state index >= 15 is 0 Å². The molecule has 0 spiro atoms. The van der Waals surface area contributed by atoms with Gasteiger partial charge in [-0.05, 0) is 43.7 Å². The van der Waals surface area contributed by atoms with Crippen LogP contribution in [0.25, 0.3) is 0 Å². The first-order valence-corrected chi connectivity index (χ1v) is 5.69. The highest BCUT2D eigenvalue weighted by Gasteiger charge is 2.08. The van der Waals surface area contributed by atoms with E-state index in [0.717, 1.165) is 17.7 Å². The van der Waals surface area contributed by atoms with Crippen LogP contribution < -0.4 is 10.5 Å². The summed E-state index contributed by atoms with van der Waals surface area (Å²) in [6, 6.07) is 5.58. The Morgan fingerprint density at radius 1 is 1.44 bits per heavy atom. The smallest absolute Gasteiger partial charge is 0.123 e. The minimum absolute atomic E-state index is 0.0164. The maximum absolute atomic E-state index is 5.93. The molecule has 2 N–H and O–H groups in total. The quantitative estimate of drug-likeness (QED) is 0.834. The van der Waals surface area contributed by atoms with Crippen molar-refractivity contribution in [1.29, 1.82) is 0 Å². The van der Waals surface area contributed by atoms with Crippen molar-refractivity contribution in [3.63, 3.8) is 0 Å². The Bertz CT molecular complexity index is 331. The average molecular weight is 244 g/mol. The summed E-state index contributed by atoms with van der Waals surface area (Å²) in [5, 5.41) is 0.704. The number of benzene rings is 1. The molecule has 1 aromatic rings. The molecule has 16 heavy (non-hydrogen) atoms. The van der Waals surface area contributed by atoms with E-state index in [1.165, 1.54) is 0 Å². The van der Waals surface area contributed by atoms with Gasteiger partial charge in [0.1, 0.15) is 11.9 Å². The van der Waals surface area contributed by atoms with Crippen LogP contribution in [0.1, 0.15) is 12.5 Å². The molecule has 1 unspecified atom stereocenters. The number of methoxy groups -OCH3 is 1. The highest BCUT2D eigenvalue weighted by molar-refractivity contribution is 6.30. The van der Waals surface area contributed by atoms with Crippen LogP contribution in [-0.2, 0) is 11.2 Å². The number of rotatable bonds is 6. The van der Waals surface area contributed by atoms with Crippen LogP contribution in [0.3, 0.4) is 0 Å². The number of ether oxygens (including phenoxy) is 2. The summed E-state index contributed by atoms with van der Waals surface area (Å²) in [5.41, 5.74) is 6.59. The molecule has 0 aliphatic rings. The fourth-order valence-electron chi connectivity index (χ4n) is 1.50. The molecular formula is C12H18ClNO2. The molecular weight excluding hydrogens is 226 g/mol. The summed E-state index contributed by atoms with van der Waals surface area (Å²) >= 11 is 5.93. The SMILES string of the molecule is COCC(C)Oc1ccc(Cl)cc1CCN. The van der Waals surface area contributed by atoms with Gasteiger partial charge in [-0.25, -0.2) is 0 Å². The normalized spacial score (nSPS) is 12.5. The maximum Gasteiger partial charge on any atom is 0.123 e. The van der Waals surface area contributed by atoms with E-state index in [0.29, 0.717) is 18.2 Å². The molecule has 0 saturated heterocycles. The second-order valence-corrected chi connectivity index (χ2v) is 4.11. The predicted molar refractivity (Wildman–Crippen MR) is 66.2 cm³/mol. The molecule has 0 bridgehead atoms. The summed E-state index contributed by atoms with van der Waals surface area (Å²) in [6.07, 6.45) is 0.776. The third kappa shape index (κ3) is 4.00. The first-order valence-electron chi connectivity index (χ1n) is 5.31. The standard InChI is InChI=1S/C12H18ClNO2/c1-9(8-15-2)16-12-4-3-11(13)7-10(12)5-6-14/h3-4,7,9H,5-6,8,14H2,1-2H3. The van der Waals surface area contributed by atoms with Gasteiger partial charge in [-0.15, -0.1) is 0 Å². The Morgan fingerprint density at radius 2 is 2.19 bits per heavy atom. The number of hydrogen-bond donors (Lipinski definition) is 1. The zero-order chi connectivity index (χ0) is 12.0. The maximum atomic E-state index is 5.93. The lowest BCUT2D eigenvalue weighted by molar-refractivity contribution is 0.0914. The highest BCUT2D eigenvalue weighted by atomic mass is 35.5. The van der Waals surface area contributed by atoms with Gasteiger partial charge in [0.2, 0.25) is 0 Å². The van der Waals surface area contributed by atoms with E-state index in [-0.39, 0.29) is 6.10 Å². The largest absolute Gasteiger partial charge is 0.488 e. The van der Waals surface area contributed by atoms with Crippen LogP contribution in [0.5, 0.6) is 5.75 Å². The van der Waals surface area contributed by atoms with Gasteiger partial charge < -0.3 is 15.2 Å². The van der Waals surface area contributed by atoms with Crippen molar-refractivity contribution in [2.45, 2.75) is 19.4 Å². The van der Waals surface area contributed by atoms with E-state index in [4.69, 9.17) is 26.8 Å². The summed E-state index contributed by atoms with van der Waals surface area (Å²) in [4.78, 5) is 0. The number of hydrogen-bond acceptors (Lipinski definition) is 3. The van der Waals surface area contributed by atoms with Crippen LogP contribution in [0.15, 0.2) is 18.2 Å². The first-order chi connectivity index (χ1) is 7.67. The second kappa shape index (κ2) is 6.74. The van der Waals surface area contributed by atoms with Crippen LogP contribution >= 0.6 is 11.6 Å². The van der Waals surface area contributed by atoms with Gasteiger partial charge in [0, 0.05) is 12.1 Å². The Morgan fingerprint density at radius 3 is 2.81 bits per heavy atom. The first kappa shape index (κ1) is 13.3. The number of halogens is 1. The van der Waals surface area contributed by atoms with Gasteiger partial charge in [-0.1, -0.05) is 11.6 Å². The van der Waals surface area contributed by atoms with E-state index in [2.05, 4.69) is 0 Å². The minimum atomic E-state index is 0.0164. The fraction of sp³-hybridized carbons (Fsp3) is 0.500. The summed E-state index contributed by atoms with van der Waals surface area (Å²) < 4.78 is 10.8. The van der Waals surface area contributed by atoms with E-state index in [1.54, 1.807) is 7.11 Å². The third-order valence-corrected chi connectivity index (χ3v) is 2.40. The van der Waals surface area contributed by atoms with E-state index in [1.807, 2.05) is 25.1 Å². The molecule has 0 heterocycles. The highest BCUT2D eigenvalue weighted by Crippen LogP contribution is 2.24. The lowest BCUT2D eigenvalue weighted by Crippen LogP contribution is -2.19. The summed E-state index contributed by atoms with van der Waals surface area (Å²) in [6.45, 7) is 3.10.